The van der Waals surface area contributed by atoms with Crippen LogP contribution in [0.15, 0.2) is 67.3 Å². The van der Waals surface area contributed by atoms with E-state index in [2.05, 4.69) is 82.0 Å². The fourth-order valence-electron chi connectivity index (χ4n) is 3.76. The summed E-state index contributed by atoms with van der Waals surface area (Å²) in [5, 5.41) is 4.00. The van der Waals surface area contributed by atoms with Crippen LogP contribution in [-0.2, 0) is 0 Å². The average Bonchev–Trinajstić information content (AvgIpc) is 2.95. The number of fused-ring (bicyclic) bond motifs is 3. The normalized spacial score (nSPS) is 11.7. The second-order valence-corrected chi connectivity index (χ2v) is 8.06. The molecular weight excluding hydrogens is 332 g/mol. The fraction of sp³-hybridized carbons (Fsp3) is 0.120. The Balaban J connectivity index is 2.10. The minimum absolute atomic E-state index is 1.30. The lowest BCUT2D eigenvalue weighted by atomic mass is 9.92. The van der Waals surface area contributed by atoms with Crippen LogP contribution in [0.1, 0.15) is 21.6 Å². The maximum atomic E-state index is 3.82. The van der Waals surface area contributed by atoms with Gasteiger partial charge < -0.3 is 0 Å². The molecule has 1 heterocycles. The van der Waals surface area contributed by atoms with Gasteiger partial charge in [-0.3, -0.25) is 0 Å². The second-order valence-electron chi connectivity index (χ2n) is 6.81. The first-order valence-corrected chi connectivity index (χ1v) is 9.73. The third kappa shape index (κ3) is 2.69. The van der Waals surface area contributed by atoms with Crippen molar-refractivity contribution < 1.29 is 0 Å². The third-order valence-electron chi connectivity index (χ3n) is 5.07. The monoisotopic (exact) mass is 354 g/mol. The third-order valence-corrected chi connectivity index (χ3v) is 6.16. The van der Waals surface area contributed by atoms with E-state index in [-0.39, 0.29) is 0 Å². The van der Waals surface area contributed by atoms with Crippen molar-refractivity contribution >= 4 is 38.3 Å². The molecule has 0 N–H and O–H groups in total. The Bertz CT molecular complexity index is 1170. The van der Waals surface area contributed by atoms with Crippen molar-refractivity contribution in [3.8, 4) is 11.1 Å². The number of hydrogen-bond donors (Lipinski definition) is 0. The molecule has 0 radical (unpaired) electrons. The van der Waals surface area contributed by atoms with Crippen molar-refractivity contribution in [1.29, 1.82) is 0 Å². The molecule has 4 rings (SSSR count). The van der Waals surface area contributed by atoms with Crippen molar-refractivity contribution in [3.63, 3.8) is 0 Å². The van der Waals surface area contributed by atoms with Crippen LogP contribution in [-0.4, -0.2) is 0 Å². The first kappa shape index (κ1) is 16.8. The van der Waals surface area contributed by atoms with Gasteiger partial charge in [-0.2, -0.15) is 0 Å². The molecule has 0 saturated heterocycles. The van der Waals surface area contributed by atoms with E-state index in [4.69, 9.17) is 0 Å². The van der Waals surface area contributed by atoms with Crippen molar-refractivity contribution in [2.45, 2.75) is 20.8 Å². The summed E-state index contributed by atoms with van der Waals surface area (Å²) in [7, 11) is 0. The van der Waals surface area contributed by atoms with Crippen molar-refractivity contribution in [1.82, 2.24) is 0 Å². The van der Waals surface area contributed by atoms with Gasteiger partial charge in [0, 0.05) is 15.0 Å². The highest BCUT2D eigenvalue weighted by Crippen LogP contribution is 2.39. The van der Waals surface area contributed by atoms with Crippen LogP contribution < -0.4 is 0 Å². The summed E-state index contributed by atoms with van der Waals surface area (Å²) in [4.78, 5) is 1.35. The largest absolute Gasteiger partial charge is 0.140 e. The van der Waals surface area contributed by atoms with E-state index in [0.717, 1.165) is 0 Å². The minimum Gasteiger partial charge on any atom is -0.140 e. The molecule has 128 valence electrons. The molecule has 0 aliphatic heterocycles. The van der Waals surface area contributed by atoms with Crippen LogP contribution >= 0.6 is 11.3 Å². The highest BCUT2D eigenvalue weighted by atomic mass is 32.1. The molecule has 3 aromatic carbocycles. The van der Waals surface area contributed by atoms with Gasteiger partial charge in [0.1, 0.15) is 0 Å². The molecule has 1 aromatic heterocycles. The van der Waals surface area contributed by atoms with Gasteiger partial charge >= 0.3 is 0 Å². The molecule has 0 aliphatic rings. The lowest BCUT2D eigenvalue weighted by Crippen LogP contribution is -1.88. The SMILES string of the molecule is C=C/C=C\c1c(C)sc2ccc3cc(C)c(-c4ccccc4C)cc3c12. The van der Waals surface area contributed by atoms with Gasteiger partial charge in [-0.1, -0.05) is 61.2 Å². The topological polar surface area (TPSA) is 0 Å². The van der Waals surface area contributed by atoms with Gasteiger partial charge in [-0.25, -0.2) is 0 Å². The predicted octanol–water partition coefficient (Wildman–Crippen LogP) is 7.85. The fourth-order valence-corrected chi connectivity index (χ4v) is 4.82. The van der Waals surface area contributed by atoms with E-state index in [1.807, 2.05) is 23.5 Å². The van der Waals surface area contributed by atoms with Gasteiger partial charge in [0.25, 0.3) is 0 Å². The van der Waals surface area contributed by atoms with Gasteiger partial charge in [-0.05, 0) is 71.5 Å². The van der Waals surface area contributed by atoms with Gasteiger partial charge in [0.05, 0.1) is 0 Å². The highest BCUT2D eigenvalue weighted by Gasteiger charge is 2.13. The molecule has 4 aromatic rings. The summed E-state index contributed by atoms with van der Waals surface area (Å²) in [6, 6.07) is 17.9. The summed E-state index contributed by atoms with van der Waals surface area (Å²) < 4.78 is 1.35. The van der Waals surface area contributed by atoms with Crippen LogP contribution in [0.4, 0.5) is 0 Å². The highest BCUT2D eigenvalue weighted by molar-refractivity contribution is 7.19. The summed E-state index contributed by atoms with van der Waals surface area (Å²) >= 11 is 1.87. The van der Waals surface area contributed by atoms with Gasteiger partial charge in [0.2, 0.25) is 0 Å². The molecular formula is C25H22S. The molecule has 0 aliphatic carbocycles. The zero-order valence-electron chi connectivity index (χ0n) is 15.5. The number of hydrogen-bond acceptors (Lipinski definition) is 1. The average molecular weight is 355 g/mol. The summed E-state index contributed by atoms with van der Waals surface area (Å²) in [5.41, 5.74) is 6.59. The van der Waals surface area contributed by atoms with Crippen LogP contribution in [0.2, 0.25) is 0 Å². The minimum atomic E-state index is 1.30. The van der Waals surface area contributed by atoms with Crippen molar-refractivity contribution in [2.75, 3.05) is 0 Å². The van der Waals surface area contributed by atoms with Gasteiger partial charge in [0.15, 0.2) is 0 Å². The lowest BCUT2D eigenvalue weighted by Gasteiger charge is -2.12. The van der Waals surface area contributed by atoms with Crippen molar-refractivity contribution in [3.05, 3.63) is 88.8 Å². The molecule has 0 atom stereocenters. The molecule has 0 nitrogen and oxygen atoms in total. The summed E-state index contributed by atoms with van der Waals surface area (Å²) in [6.07, 6.45) is 6.06. The summed E-state index contributed by atoms with van der Waals surface area (Å²) in [6.45, 7) is 10.4. The van der Waals surface area contributed by atoms with Crippen LogP contribution in [0.3, 0.4) is 0 Å². The molecule has 0 bridgehead atoms. The van der Waals surface area contributed by atoms with Crippen molar-refractivity contribution in [2.24, 2.45) is 0 Å². The number of benzene rings is 3. The molecule has 26 heavy (non-hydrogen) atoms. The molecule has 0 unspecified atom stereocenters. The lowest BCUT2D eigenvalue weighted by molar-refractivity contribution is 1.42. The molecule has 0 spiro atoms. The summed E-state index contributed by atoms with van der Waals surface area (Å²) in [5.74, 6) is 0. The molecule has 1 heteroatoms. The number of aryl methyl sites for hydroxylation is 3. The maximum absolute atomic E-state index is 3.82. The maximum Gasteiger partial charge on any atom is 0.0358 e. The molecule has 0 amide bonds. The van der Waals surface area contributed by atoms with E-state index in [1.54, 1.807) is 0 Å². The first-order chi connectivity index (χ1) is 12.6. The Labute approximate surface area is 159 Å². The smallest absolute Gasteiger partial charge is 0.0358 e. The van der Waals surface area contributed by atoms with E-state index in [1.165, 1.54) is 53.6 Å². The van der Waals surface area contributed by atoms with Gasteiger partial charge in [-0.15, -0.1) is 11.3 Å². The molecule has 0 saturated carbocycles. The predicted molar refractivity (Wildman–Crippen MR) is 118 cm³/mol. The van der Waals surface area contributed by atoms with E-state index in [9.17, 15) is 0 Å². The Kier molecular flexibility index (Phi) is 4.26. The van der Waals surface area contributed by atoms with Crippen LogP contribution in [0, 0.1) is 20.8 Å². The Morgan fingerprint density at radius 1 is 0.885 bits per heavy atom. The Morgan fingerprint density at radius 3 is 2.46 bits per heavy atom. The van der Waals surface area contributed by atoms with Crippen LogP contribution in [0.25, 0.3) is 38.1 Å². The number of rotatable bonds is 3. The van der Waals surface area contributed by atoms with E-state index >= 15 is 0 Å². The standard InChI is InChI=1S/C25H22S/c1-5-6-10-21-18(4)26-24-13-12-19-14-17(3)22(15-23(19)25(21)24)20-11-8-7-9-16(20)2/h5-15H,1H2,2-4H3/b10-6-. The zero-order chi connectivity index (χ0) is 18.3. The quantitative estimate of drug-likeness (QED) is 0.329. The Hall–Kier alpha value is -2.64. The second kappa shape index (κ2) is 6.59. The number of allylic oxidation sites excluding steroid dienone is 2. The zero-order valence-corrected chi connectivity index (χ0v) is 16.3. The number of thiophene rings is 1. The molecule has 0 fully saturated rings. The van der Waals surface area contributed by atoms with E-state index in [0.29, 0.717) is 0 Å². The first-order valence-electron chi connectivity index (χ1n) is 8.91. The Morgan fingerprint density at radius 2 is 1.69 bits per heavy atom. The van der Waals surface area contributed by atoms with E-state index < -0.39 is 0 Å². The van der Waals surface area contributed by atoms with Crippen LogP contribution in [0.5, 0.6) is 0 Å².